The van der Waals surface area contributed by atoms with Crippen molar-refractivity contribution in [3.05, 3.63) is 60.2 Å². The quantitative estimate of drug-likeness (QED) is 0.765. The van der Waals surface area contributed by atoms with Crippen molar-refractivity contribution in [1.82, 2.24) is 5.32 Å². The predicted molar refractivity (Wildman–Crippen MR) is 106 cm³/mol. The van der Waals surface area contributed by atoms with Gasteiger partial charge < -0.3 is 15.0 Å². The number of para-hydroxylation sites is 1. The third-order valence-corrected chi connectivity index (χ3v) is 4.78. The van der Waals surface area contributed by atoms with Crippen molar-refractivity contribution in [2.75, 3.05) is 24.6 Å². The molecule has 0 aromatic heterocycles. The maximum atomic E-state index is 12.4. The van der Waals surface area contributed by atoms with Gasteiger partial charge in [0.2, 0.25) is 11.8 Å². The molecule has 1 aliphatic heterocycles. The summed E-state index contributed by atoms with van der Waals surface area (Å²) in [5.74, 6) is 0.803. The average molecular weight is 366 g/mol. The number of hydrogen-bond donors (Lipinski definition) is 1. The van der Waals surface area contributed by atoms with Crippen molar-refractivity contribution in [3.63, 3.8) is 0 Å². The second kappa shape index (κ2) is 8.71. The van der Waals surface area contributed by atoms with Gasteiger partial charge in [0.05, 0.1) is 12.5 Å². The molecule has 3 rings (SSSR count). The number of benzene rings is 2. The molecule has 2 aromatic rings. The highest BCUT2D eigenvalue weighted by molar-refractivity contribution is 6.00. The summed E-state index contributed by atoms with van der Waals surface area (Å²) in [5.41, 5.74) is 2.09. The fourth-order valence-corrected chi connectivity index (χ4v) is 3.18. The number of hydrogen-bond acceptors (Lipinski definition) is 3. The zero-order valence-corrected chi connectivity index (χ0v) is 15.9. The number of nitrogens with zero attached hydrogens (tertiary/aromatic N) is 1. The molecule has 0 saturated carbocycles. The summed E-state index contributed by atoms with van der Waals surface area (Å²) in [6.07, 6.45) is 0.247. The Bertz CT molecular complexity index is 772. The van der Waals surface area contributed by atoms with E-state index < -0.39 is 0 Å². The summed E-state index contributed by atoms with van der Waals surface area (Å²) < 4.78 is 5.57. The van der Waals surface area contributed by atoms with Crippen LogP contribution in [0.15, 0.2) is 54.6 Å². The molecule has 1 fully saturated rings. The number of ether oxygens (including phenoxy) is 1. The highest BCUT2D eigenvalue weighted by Crippen LogP contribution is 2.26. The first kappa shape index (κ1) is 19.0. The van der Waals surface area contributed by atoms with Crippen LogP contribution >= 0.6 is 0 Å². The number of rotatable bonds is 7. The molecular formula is C22H26N2O3. The van der Waals surface area contributed by atoms with Crippen molar-refractivity contribution in [2.24, 2.45) is 5.92 Å². The number of nitrogens with one attached hydrogen (secondary N) is 1. The first-order valence-corrected chi connectivity index (χ1v) is 9.40. The zero-order valence-electron chi connectivity index (χ0n) is 15.9. The standard InChI is InChI=1S/C22H26N2O3/c1-16(2)17-8-10-19(11-9-17)24-15-18(14-21(24)25)22(26)23-12-13-27-20-6-4-3-5-7-20/h3-11,16,18H,12-15H2,1-2H3,(H,23,26)/t18-/m0/s1. The van der Waals surface area contributed by atoms with Crippen LogP contribution in [0.25, 0.3) is 0 Å². The lowest BCUT2D eigenvalue weighted by Crippen LogP contribution is -2.35. The third-order valence-electron chi connectivity index (χ3n) is 4.78. The van der Waals surface area contributed by atoms with E-state index in [4.69, 9.17) is 4.74 Å². The van der Waals surface area contributed by atoms with Crippen LogP contribution in [0, 0.1) is 5.92 Å². The minimum Gasteiger partial charge on any atom is -0.492 e. The molecule has 0 unspecified atom stereocenters. The molecule has 2 amide bonds. The van der Waals surface area contributed by atoms with E-state index in [1.807, 2.05) is 54.6 Å². The molecule has 1 aliphatic rings. The maximum Gasteiger partial charge on any atom is 0.227 e. The Morgan fingerprint density at radius 1 is 1.15 bits per heavy atom. The molecule has 142 valence electrons. The Kier molecular flexibility index (Phi) is 6.12. The largest absolute Gasteiger partial charge is 0.492 e. The van der Waals surface area contributed by atoms with Crippen LogP contribution in [-0.2, 0) is 9.59 Å². The second-order valence-corrected chi connectivity index (χ2v) is 7.10. The van der Waals surface area contributed by atoms with Crippen LogP contribution in [0.5, 0.6) is 5.75 Å². The molecule has 5 heteroatoms. The van der Waals surface area contributed by atoms with Gasteiger partial charge >= 0.3 is 0 Å². The van der Waals surface area contributed by atoms with Gasteiger partial charge in [-0.15, -0.1) is 0 Å². The molecule has 27 heavy (non-hydrogen) atoms. The highest BCUT2D eigenvalue weighted by Gasteiger charge is 2.34. The van der Waals surface area contributed by atoms with Gasteiger partial charge in [0, 0.05) is 18.7 Å². The van der Waals surface area contributed by atoms with Crippen molar-refractivity contribution < 1.29 is 14.3 Å². The van der Waals surface area contributed by atoms with Gasteiger partial charge in [-0.1, -0.05) is 44.2 Å². The molecule has 5 nitrogen and oxygen atoms in total. The fraction of sp³-hybridized carbons (Fsp3) is 0.364. The summed E-state index contributed by atoms with van der Waals surface area (Å²) in [6, 6.07) is 17.5. The van der Waals surface area contributed by atoms with E-state index in [0.29, 0.717) is 25.6 Å². The van der Waals surface area contributed by atoms with E-state index in [-0.39, 0.29) is 24.2 Å². The van der Waals surface area contributed by atoms with Crippen molar-refractivity contribution >= 4 is 17.5 Å². The van der Waals surface area contributed by atoms with E-state index in [9.17, 15) is 9.59 Å². The second-order valence-electron chi connectivity index (χ2n) is 7.10. The van der Waals surface area contributed by atoms with E-state index in [1.54, 1.807) is 4.90 Å². The van der Waals surface area contributed by atoms with Crippen LogP contribution in [0.3, 0.4) is 0 Å². The summed E-state index contributed by atoms with van der Waals surface area (Å²) in [6.45, 7) is 5.51. The van der Waals surface area contributed by atoms with Crippen LogP contribution in [0.1, 0.15) is 31.7 Å². The number of carbonyl (C=O) groups is 2. The predicted octanol–water partition coefficient (Wildman–Crippen LogP) is 3.36. The van der Waals surface area contributed by atoms with Gasteiger partial charge in [0.15, 0.2) is 0 Å². The summed E-state index contributed by atoms with van der Waals surface area (Å²) in [7, 11) is 0. The number of amides is 2. The first-order valence-electron chi connectivity index (χ1n) is 9.40. The third kappa shape index (κ3) is 4.88. The van der Waals surface area contributed by atoms with Gasteiger partial charge in [0.25, 0.3) is 0 Å². The van der Waals surface area contributed by atoms with Gasteiger partial charge in [-0.25, -0.2) is 0 Å². The van der Waals surface area contributed by atoms with Crippen molar-refractivity contribution in [2.45, 2.75) is 26.2 Å². The molecule has 0 bridgehead atoms. The average Bonchev–Trinajstić information content (AvgIpc) is 3.08. The number of carbonyl (C=O) groups excluding carboxylic acids is 2. The monoisotopic (exact) mass is 366 g/mol. The summed E-state index contributed by atoms with van der Waals surface area (Å²) in [5, 5.41) is 2.87. The zero-order chi connectivity index (χ0) is 19.2. The fourth-order valence-electron chi connectivity index (χ4n) is 3.18. The topological polar surface area (TPSA) is 58.6 Å². The molecular weight excluding hydrogens is 340 g/mol. The minimum atomic E-state index is -0.320. The lowest BCUT2D eigenvalue weighted by Gasteiger charge is -2.18. The highest BCUT2D eigenvalue weighted by atomic mass is 16.5. The summed E-state index contributed by atoms with van der Waals surface area (Å²) in [4.78, 5) is 26.4. The van der Waals surface area contributed by atoms with E-state index >= 15 is 0 Å². The minimum absolute atomic E-state index is 0.00650. The Morgan fingerprint density at radius 2 is 1.85 bits per heavy atom. The maximum absolute atomic E-state index is 12.4. The number of anilines is 1. The van der Waals surface area contributed by atoms with Gasteiger partial charge in [0.1, 0.15) is 12.4 Å². The molecule has 1 N–H and O–H groups in total. The first-order chi connectivity index (χ1) is 13.0. The smallest absolute Gasteiger partial charge is 0.227 e. The molecule has 0 radical (unpaired) electrons. The SMILES string of the molecule is CC(C)c1ccc(N2C[C@@H](C(=O)NCCOc3ccccc3)CC2=O)cc1. The van der Waals surface area contributed by atoms with Crippen molar-refractivity contribution in [1.29, 1.82) is 0 Å². The molecule has 1 atom stereocenters. The van der Waals surface area contributed by atoms with E-state index in [2.05, 4.69) is 19.2 Å². The normalized spacial score (nSPS) is 16.6. The van der Waals surface area contributed by atoms with Crippen LogP contribution < -0.4 is 15.0 Å². The Hall–Kier alpha value is -2.82. The van der Waals surface area contributed by atoms with Gasteiger partial charge in [-0.3, -0.25) is 9.59 Å². The summed E-state index contributed by atoms with van der Waals surface area (Å²) >= 11 is 0. The molecule has 0 aliphatic carbocycles. The molecule has 1 heterocycles. The molecule has 0 spiro atoms. The lowest BCUT2D eigenvalue weighted by atomic mass is 10.0. The molecule has 1 saturated heterocycles. The van der Waals surface area contributed by atoms with Gasteiger partial charge in [-0.05, 0) is 35.7 Å². The molecule has 2 aromatic carbocycles. The van der Waals surface area contributed by atoms with E-state index in [1.165, 1.54) is 5.56 Å². The Balaban J connectivity index is 1.48. The van der Waals surface area contributed by atoms with Crippen LogP contribution in [0.4, 0.5) is 5.69 Å². The van der Waals surface area contributed by atoms with Gasteiger partial charge in [-0.2, -0.15) is 0 Å². The lowest BCUT2D eigenvalue weighted by molar-refractivity contribution is -0.126. The Morgan fingerprint density at radius 3 is 2.52 bits per heavy atom. The Labute approximate surface area is 160 Å². The van der Waals surface area contributed by atoms with E-state index in [0.717, 1.165) is 11.4 Å². The van der Waals surface area contributed by atoms with Crippen LogP contribution in [0.2, 0.25) is 0 Å². The van der Waals surface area contributed by atoms with Crippen LogP contribution in [-0.4, -0.2) is 31.5 Å². The van der Waals surface area contributed by atoms with Crippen molar-refractivity contribution in [3.8, 4) is 5.75 Å².